The SMILES string of the molecule is CCCc1cc(=O)[nH]c2cc(NC(=O)c3ccc([N+](=O)[O-])o3)ccc12. The quantitative estimate of drug-likeness (QED) is 0.545. The van der Waals surface area contributed by atoms with Crippen LogP contribution in [0.25, 0.3) is 10.9 Å². The molecule has 0 saturated carbocycles. The number of carbonyl (C=O) groups is 1. The molecule has 0 aliphatic heterocycles. The van der Waals surface area contributed by atoms with Crippen molar-refractivity contribution in [1.29, 1.82) is 0 Å². The highest BCUT2D eigenvalue weighted by atomic mass is 16.6. The van der Waals surface area contributed by atoms with Crippen molar-refractivity contribution in [3.05, 3.63) is 68.2 Å². The van der Waals surface area contributed by atoms with Crippen LogP contribution in [0.5, 0.6) is 0 Å². The minimum absolute atomic E-state index is 0.167. The fourth-order valence-electron chi connectivity index (χ4n) is 2.63. The predicted molar refractivity (Wildman–Crippen MR) is 91.9 cm³/mol. The first-order valence-corrected chi connectivity index (χ1v) is 7.69. The van der Waals surface area contributed by atoms with E-state index in [-0.39, 0.29) is 11.3 Å². The Bertz CT molecular complexity index is 1020. The smallest absolute Gasteiger partial charge is 0.395 e. The van der Waals surface area contributed by atoms with Gasteiger partial charge in [0.25, 0.3) is 5.91 Å². The molecule has 0 unspecified atom stereocenters. The standard InChI is InChI=1S/C17H15N3O5/c1-2-3-10-8-15(21)19-13-9-11(4-5-12(10)13)18-17(22)14-6-7-16(25-14)20(23)24/h4-9H,2-3H2,1H3,(H,18,22)(H,19,21). The normalized spacial score (nSPS) is 10.8. The molecule has 1 aromatic carbocycles. The van der Waals surface area contributed by atoms with E-state index in [2.05, 4.69) is 10.3 Å². The predicted octanol–water partition coefficient (Wildman–Crippen LogP) is 3.23. The number of fused-ring (bicyclic) bond motifs is 1. The van der Waals surface area contributed by atoms with Crippen LogP contribution in [-0.4, -0.2) is 15.8 Å². The molecule has 0 aliphatic rings. The Morgan fingerprint density at radius 1 is 1.28 bits per heavy atom. The molecule has 25 heavy (non-hydrogen) atoms. The van der Waals surface area contributed by atoms with Crippen molar-refractivity contribution in [2.75, 3.05) is 5.32 Å². The number of carbonyl (C=O) groups excluding carboxylic acids is 1. The highest BCUT2D eigenvalue weighted by molar-refractivity contribution is 6.03. The molecule has 3 aromatic rings. The summed E-state index contributed by atoms with van der Waals surface area (Å²) in [7, 11) is 0. The number of amides is 1. The average molecular weight is 341 g/mol. The van der Waals surface area contributed by atoms with E-state index in [0.29, 0.717) is 11.2 Å². The third kappa shape index (κ3) is 3.42. The molecular weight excluding hydrogens is 326 g/mol. The molecule has 0 atom stereocenters. The lowest BCUT2D eigenvalue weighted by Gasteiger charge is -2.08. The van der Waals surface area contributed by atoms with E-state index in [1.807, 2.05) is 13.0 Å². The van der Waals surface area contributed by atoms with Crippen LogP contribution >= 0.6 is 0 Å². The van der Waals surface area contributed by atoms with Crippen LogP contribution in [-0.2, 0) is 6.42 Å². The summed E-state index contributed by atoms with van der Waals surface area (Å²) in [6.07, 6.45) is 1.69. The van der Waals surface area contributed by atoms with Crippen LogP contribution in [0, 0.1) is 10.1 Å². The second-order valence-corrected chi connectivity index (χ2v) is 5.52. The monoisotopic (exact) mass is 341 g/mol. The van der Waals surface area contributed by atoms with E-state index in [0.717, 1.165) is 29.9 Å². The Kier molecular flexibility index (Phi) is 4.34. The largest absolute Gasteiger partial charge is 0.433 e. The third-order valence-corrected chi connectivity index (χ3v) is 3.70. The molecule has 8 nitrogen and oxygen atoms in total. The fourth-order valence-corrected chi connectivity index (χ4v) is 2.63. The topological polar surface area (TPSA) is 118 Å². The first-order chi connectivity index (χ1) is 12.0. The van der Waals surface area contributed by atoms with E-state index in [4.69, 9.17) is 4.42 Å². The highest BCUT2D eigenvalue weighted by Crippen LogP contribution is 2.22. The number of H-pyrrole nitrogens is 1. The minimum Gasteiger partial charge on any atom is -0.395 e. The van der Waals surface area contributed by atoms with Crippen molar-refractivity contribution in [3.8, 4) is 0 Å². The van der Waals surface area contributed by atoms with Gasteiger partial charge in [-0.3, -0.25) is 19.7 Å². The molecule has 0 saturated heterocycles. The zero-order valence-electron chi connectivity index (χ0n) is 13.4. The van der Waals surface area contributed by atoms with E-state index in [1.165, 1.54) is 6.07 Å². The van der Waals surface area contributed by atoms with Gasteiger partial charge in [0, 0.05) is 17.1 Å². The molecule has 128 valence electrons. The second kappa shape index (κ2) is 6.60. The second-order valence-electron chi connectivity index (χ2n) is 5.52. The summed E-state index contributed by atoms with van der Waals surface area (Å²) in [5, 5.41) is 14.1. The van der Waals surface area contributed by atoms with E-state index < -0.39 is 16.7 Å². The van der Waals surface area contributed by atoms with Crippen molar-refractivity contribution in [2.45, 2.75) is 19.8 Å². The number of nitro groups is 1. The van der Waals surface area contributed by atoms with Crippen molar-refractivity contribution >= 4 is 28.4 Å². The van der Waals surface area contributed by atoms with E-state index in [1.54, 1.807) is 18.2 Å². The van der Waals surface area contributed by atoms with Crippen LogP contribution in [0.4, 0.5) is 11.6 Å². The summed E-state index contributed by atoms with van der Waals surface area (Å²) in [5.74, 6) is -1.28. The van der Waals surface area contributed by atoms with Gasteiger partial charge in [0.05, 0.1) is 11.6 Å². The van der Waals surface area contributed by atoms with Gasteiger partial charge in [-0.15, -0.1) is 0 Å². The Labute approximate surface area is 141 Å². The maximum atomic E-state index is 12.1. The number of benzene rings is 1. The number of rotatable bonds is 5. The van der Waals surface area contributed by atoms with E-state index >= 15 is 0 Å². The molecule has 2 heterocycles. The maximum absolute atomic E-state index is 12.1. The molecule has 0 radical (unpaired) electrons. The summed E-state index contributed by atoms with van der Waals surface area (Å²) >= 11 is 0. The molecule has 2 aromatic heterocycles. The third-order valence-electron chi connectivity index (χ3n) is 3.70. The first-order valence-electron chi connectivity index (χ1n) is 7.69. The number of hydrogen-bond acceptors (Lipinski definition) is 5. The molecule has 2 N–H and O–H groups in total. The number of nitrogens with one attached hydrogen (secondary N) is 2. The fraction of sp³-hybridized carbons (Fsp3) is 0.176. The van der Waals surface area contributed by atoms with Crippen molar-refractivity contribution < 1.29 is 14.1 Å². The Morgan fingerprint density at radius 2 is 2.08 bits per heavy atom. The summed E-state index contributed by atoms with van der Waals surface area (Å²) in [4.78, 5) is 36.5. The summed E-state index contributed by atoms with van der Waals surface area (Å²) in [6.45, 7) is 2.03. The zero-order valence-corrected chi connectivity index (χ0v) is 13.4. The van der Waals surface area contributed by atoms with Crippen LogP contribution in [0.3, 0.4) is 0 Å². The van der Waals surface area contributed by atoms with Gasteiger partial charge in [0.15, 0.2) is 5.76 Å². The number of pyridine rings is 1. The molecular formula is C17H15N3O5. The van der Waals surface area contributed by atoms with Gasteiger partial charge in [0.1, 0.15) is 4.92 Å². The molecule has 0 aliphatic carbocycles. The van der Waals surface area contributed by atoms with Crippen LogP contribution < -0.4 is 10.9 Å². The van der Waals surface area contributed by atoms with Crippen LogP contribution in [0.2, 0.25) is 0 Å². The number of hydrogen-bond donors (Lipinski definition) is 2. The van der Waals surface area contributed by atoms with Crippen molar-refractivity contribution in [3.63, 3.8) is 0 Å². The van der Waals surface area contributed by atoms with Gasteiger partial charge in [-0.25, -0.2) is 0 Å². The van der Waals surface area contributed by atoms with Crippen LogP contribution in [0.15, 0.2) is 45.6 Å². The number of furan rings is 1. The first kappa shape index (κ1) is 16.4. The molecule has 8 heteroatoms. The van der Waals surface area contributed by atoms with Gasteiger partial charge < -0.3 is 14.7 Å². The summed E-state index contributed by atoms with van der Waals surface area (Å²) in [5.41, 5.74) is 1.79. The van der Waals surface area contributed by atoms with Gasteiger partial charge in [-0.1, -0.05) is 19.4 Å². The number of anilines is 1. The number of nitrogens with zero attached hydrogens (tertiary/aromatic N) is 1. The van der Waals surface area contributed by atoms with Gasteiger partial charge >= 0.3 is 5.88 Å². The van der Waals surface area contributed by atoms with E-state index in [9.17, 15) is 19.7 Å². The Morgan fingerprint density at radius 3 is 2.76 bits per heavy atom. The van der Waals surface area contributed by atoms with Gasteiger partial charge in [-0.05, 0) is 30.2 Å². The lowest BCUT2D eigenvalue weighted by atomic mass is 10.0. The molecule has 3 rings (SSSR count). The molecule has 1 amide bonds. The summed E-state index contributed by atoms with van der Waals surface area (Å²) < 4.78 is 4.87. The van der Waals surface area contributed by atoms with Crippen molar-refractivity contribution in [2.24, 2.45) is 0 Å². The lowest BCUT2D eigenvalue weighted by molar-refractivity contribution is -0.402. The molecule has 0 bridgehead atoms. The van der Waals surface area contributed by atoms with Crippen LogP contribution in [0.1, 0.15) is 29.5 Å². The van der Waals surface area contributed by atoms with Crippen molar-refractivity contribution in [1.82, 2.24) is 4.98 Å². The zero-order chi connectivity index (χ0) is 18.0. The average Bonchev–Trinajstić information content (AvgIpc) is 3.05. The van der Waals surface area contributed by atoms with Gasteiger partial charge in [-0.2, -0.15) is 0 Å². The highest BCUT2D eigenvalue weighted by Gasteiger charge is 2.17. The maximum Gasteiger partial charge on any atom is 0.433 e. The number of aromatic nitrogens is 1. The Balaban J connectivity index is 1.89. The molecule has 0 fully saturated rings. The lowest BCUT2D eigenvalue weighted by Crippen LogP contribution is -2.11. The summed E-state index contributed by atoms with van der Waals surface area (Å²) in [6, 6.07) is 9.09. The Hall–Kier alpha value is -3.42. The van der Waals surface area contributed by atoms with Gasteiger partial charge in [0.2, 0.25) is 5.56 Å². The number of aromatic amines is 1. The molecule has 0 spiro atoms. The number of aryl methyl sites for hydroxylation is 1. The minimum atomic E-state index is -0.715.